The zero-order valence-corrected chi connectivity index (χ0v) is 10.7. The van der Waals surface area contributed by atoms with Crippen molar-refractivity contribution in [1.29, 1.82) is 0 Å². The van der Waals surface area contributed by atoms with Crippen LogP contribution in [0.2, 0.25) is 0 Å². The van der Waals surface area contributed by atoms with Crippen LogP contribution in [-0.4, -0.2) is 15.7 Å². The highest BCUT2D eigenvalue weighted by molar-refractivity contribution is 5.90. The first-order valence-electron chi connectivity index (χ1n) is 5.68. The van der Waals surface area contributed by atoms with Crippen molar-refractivity contribution in [2.45, 2.75) is 13.5 Å². The van der Waals surface area contributed by atoms with Gasteiger partial charge in [0.15, 0.2) is 0 Å². The molecule has 2 rings (SSSR count). The van der Waals surface area contributed by atoms with E-state index in [1.807, 2.05) is 0 Å². The standard InChI is InChI=1S/C13H14FN3O2/c1-8-11(14)5-9(6-12(8)15)13(18)19-7-10-3-4-17(2)16-10/h3-6H,7,15H2,1-2H3. The molecule has 0 saturated carbocycles. The van der Waals surface area contributed by atoms with Crippen molar-refractivity contribution in [3.8, 4) is 0 Å². The zero-order valence-electron chi connectivity index (χ0n) is 10.7. The molecule has 1 aromatic carbocycles. The number of carbonyl (C=O) groups is 1. The molecule has 1 aromatic heterocycles. The number of rotatable bonds is 3. The van der Waals surface area contributed by atoms with Crippen LogP contribution in [0.4, 0.5) is 10.1 Å². The second kappa shape index (κ2) is 5.09. The number of anilines is 1. The van der Waals surface area contributed by atoms with Gasteiger partial charge in [-0.2, -0.15) is 5.10 Å². The van der Waals surface area contributed by atoms with Crippen LogP contribution in [0.1, 0.15) is 21.6 Å². The van der Waals surface area contributed by atoms with Crippen LogP contribution in [0.15, 0.2) is 24.4 Å². The van der Waals surface area contributed by atoms with E-state index >= 15 is 0 Å². The number of hydrogen-bond donors (Lipinski definition) is 1. The molecule has 0 unspecified atom stereocenters. The van der Waals surface area contributed by atoms with Gasteiger partial charge in [-0.05, 0) is 25.1 Å². The van der Waals surface area contributed by atoms with Crippen molar-refractivity contribution < 1.29 is 13.9 Å². The lowest BCUT2D eigenvalue weighted by Crippen LogP contribution is -2.08. The van der Waals surface area contributed by atoms with E-state index in [1.165, 1.54) is 6.07 Å². The summed E-state index contributed by atoms with van der Waals surface area (Å²) in [4.78, 5) is 11.8. The number of benzene rings is 1. The van der Waals surface area contributed by atoms with Crippen LogP contribution in [0.25, 0.3) is 0 Å². The predicted molar refractivity (Wildman–Crippen MR) is 67.9 cm³/mol. The fourth-order valence-electron chi connectivity index (χ4n) is 1.58. The molecule has 0 spiro atoms. The normalized spacial score (nSPS) is 10.5. The van der Waals surface area contributed by atoms with Crippen molar-refractivity contribution in [2.24, 2.45) is 7.05 Å². The molecule has 0 aliphatic carbocycles. The van der Waals surface area contributed by atoms with Crippen LogP contribution in [0, 0.1) is 12.7 Å². The van der Waals surface area contributed by atoms with Crippen molar-refractivity contribution >= 4 is 11.7 Å². The molecule has 1 heterocycles. The number of nitrogen functional groups attached to an aromatic ring is 1. The van der Waals surface area contributed by atoms with Gasteiger partial charge < -0.3 is 10.5 Å². The summed E-state index contributed by atoms with van der Waals surface area (Å²) in [5.41, 5.74) is 6.87. The Balaban J connectivity index is 2.08. The number of halogens is 1. The fourth-order valence-corrected chi connectivity index (χ4v) is 1.58. The molecule has 0 bridgehead atoms. The molecule has 0 radical (unpaired) electrons. The summed E-state index contributed by atoms with van der Waals surface area (Å²) in [6.45, 7) is 1.59. The van der Waals surface area contributed by atoms with Gasteiger partial charge in [0.1, 0.15) is 12.4 Å². The average Bonchev–Trinajstić information content (AvgIpc) is 2.78. The third kappa shape index (κ3) is 2.90. The molecule has 0 amide bonds. The summed E-state index contributed by atoms with van der Waals surface area (Å²) in [5.74, 6) is -1.15. The predicted octanol–water partition coefficient (Wildman–Crippen LogP) is 1.81. The molecule has 0 aliphatic heterocycles. The number of nitrogens with zero attached hydrogens (tertiary/aromatic N) is 2. The van der Waals surface area contributed by atoms with E-state index in [0.717, 1.165) is 6.07 Å². The van der Waals surface area contributed by atoms with E-state index in [4.69, 9.17) is 10.5 Å². The minimum atomic E-state index is -0.628. The summed E-state index contributed by atoms with van der Waals surface area (Å²) in [7, 11) is 1.77. The summed E-state index contributed by atoms with van der Waals surface area (Å²) in [6.07, 6.45) is 1.74. The summed E-state index contributed by atoms with van der Waals surface area (Å²) < 4.78 is 20.1. The van der Waals surface area contributed by atoms with Gasteiger partial charge in [-0.1, -0.05) is 0 Å². The van der Waals surface area contributed by atoms with E-state index in [9.17, 15) is 9.18 Å². The van der Waals surface area contributed by atoms with Gasteiger partial charge in [0.25, 0.3) is 0 Å². The van der Waals surface area contributed by atoms with Crippen molar-refractivity contribution in [2.75, 3.05) is 5.73 Å². The highest BCUT2D eigenvalue weighted by atomic mass is 19.1. The Morgan fingerprint density at radius 1 is 1.53 bits per heavy atom. The third-order valence-electron chi connectivity index (χ3n) is 2.74. The third-order valence-corrected chi connectivity index (χ3v) is 2.74. The zero-order chi connectivity index (χ0) is 14.0. The number of ether oxygens (including phenoxy) is 1. The Labute approximate surface area is 109 Å². The van der Waals surface area contributed by atoms with Crippen LogP contribution in [0.3, 0.4) is 0 Å². The average molecular weight is 263 g/mol. The fraction of sp³-hybridized carbons (Fsp3) is 0.231. The minimum absolute atomic E-state index is 0.0368. The molecule has 0 aliphatic rings. The molecule has 6 heteroatoms. The second-order valence-corrected chi connectivity index (χ2v) is 4.23. The smallest absolute Gasteiger partial charge is 0.338 e. The molecule has 0 atom stereocenters. The maximum atomic E-state index is 13.5. The molecule has 0 fully saturated rings. The summed E-state index contributed by atoms with van der Waals surface area (Å²) >= 11 is 0. The van der Waals surface area contributed by atoms with E-state index in [1.54, 1.807) is 30.9 Å². The number of esters is 1. The lowest BCUT2D eigenvalue weighted by molar-refractivity contribution is 0.0466. The highest BCUT2D eigenvalue weighted by Crippen LogP contribution is 2.18. The van der Waals surface area contributed by atoms with Gasteiger partial charge in [0, 0.05) is 24.5 Å². The number of hydrogen-bond acceptors (Lipinski definition) is 4. The first kappa shape index (κ1) is 13.1. The van der Waals surface area contributed by atoms with Gasteiger partial charge in [-0.15, -0.1) is 0 Å². The topological polar surface area (TPSA) is 70.1 Å². The maximum absolute atomic E-state index is 13.5. The second-order valence-electron chi connectivity index (χ2n) is 4.23. The lowest BCUT2D eigenvalue weighted by Gasteiger charge is -2.06. The number of carbonyl (C=O) groups excluding carboxylic acids is 1. The van der Waals surface area contributed by atoms with Crippen molar-refractivity contribution in [3.63, 3.8) is 0 Å². The van der Waals surface area contributed by atoms with E-state index in [2.05, 4.69) is 5.10 Å². The Morgan fingerprint density at radius 3 is 2.84 bits per heavy atom. The maximum Gasteiger partial charge on any atom is 0.338 e. The molecule has 0 saturated heterocycles. The van der Waals surface area contributed by atoms with Gasteiger partial charge in [-0.3, -0.25) is 4.68 Å². The molecular formula is C13H14FN3O2. The SMILES string of the molecule is Cc1c(N)cc(C(=O)OCc2ccn(C)n2)cc1F. The Kier molecular flexibility index (Phi) is 3.50. The first-order chi connectivity index (χ1) is 8.97. The number of nitrogens with two attached hydrogens (primary N) is 1. The van der Waals surface area contributed by atoms with Gasteiger partial charge in [0.05, 0.1) is 11.3 Å². The summed E-state index contributed by atoms with van der Waals surface area (Å²) in [6, 6.07) is 4.25. The first-order valence-corrected chi connectivity index (χ1v) is 5.68. The Hall–Kier alpha value is -2.37. The lowest BCUT2D eigenvalue weighted by atomic mass is 10.1. The van der Waals surface area contributed by atoms with Crippen molar-refractivity contribution in [1.82, 2.24) is 9.78 Å². The van der Waals surface area contributed by atoms with Crippen LogP contribution >= 0.6 is 0 Å². The van der Waals surface area contributed by atoms with Gasteiger partial charge in [-0.25, -0.2) is 9.18 Å². The van der Waals surface area contributed by atoms with E-state index in [0.29, 0.717) is 11.3 Å². The quantitative estimate of drug-likeness (QED) is 0.677. The number of aromatic nitrogens is 2. The van der Waals surface area contributed by atoms with Crippen LogP contribution in [0.5, 0.6) is 0 Å². The Morgan fingerprint density at radius 2 is 2.26 bits per heavy atom. The molecule has 100 valence electrons. The van der Waals surface area contributed by atoms with Gasteiger partial charge in [0.2, 0.25) is 0 Å². The molecule has 2 aromatic rings. The van der Waals surface area contributed by atoms with Gasteiger partial charge >= 0.3 is 5.97 Å². The number of aryl methyl sites for hydroxylation is 1. The molecule has 19 heavy (non-hydrogen) atoms. The molecule has 2 N–H and O–H groups in total. The van der Waals surface area contributed by atoms with E-state index < -0.39 is 11.8 Å². The van der Waals surface area contributed by atoms with E-state index in [-0.39, 0.29) is 17.9 Å². The molecule has 5 nitrogen and oxygen atoms in total. The summed E-state index contributed by atoms with van der Waals surface area (Å²) in [5, 5.41) is 4.07. The van der Waals surface area contributed by atoms with Crippen LogP contribution in [-0.2, 0) is 18.4 Å². The largest absolute Gasteiger partial charge is 0.456 e. The minimum Gasteiger partial charge on any atom is -0.456 e. The Bertz CT molecular complexity index is 599. The molecular weight excluding hydrogens is 249 g/mol. The van der Waals surface area contributed by atoms with Crippen LogP contribution < -0.4 is 5.73 Å². The monoisotopic (exact) mass is 263 g/mol. The highest BCUT2D eigenvalue weighted by Gasteiger charge is 2.13. The van der Waals surface area contributed by atoms with Crippen molar-refractivity contribution in [3.05, 3.63) is 47.0 Å².